The summed E-state index contributed by atoms with van der Waals surface area (Å²) >= 11 is 7.23. The SMILES string of the molecule is CC(C)CCCC(C)C1CCC2C3CC([N+](=O)[O-])C4(Cl)CC(O)CCC4(C)C3CCC12C. The Bertz CT molecular complexity index is 715. The number of hydrogen-bond acceptors (Lipinski definition) is 3. The molecule has 5 heteroatoms. The zero-order valence-corrected chi connectivity index (χ0v) is 21.7. The average molecular weight is 468 g/mol. The predicted octanol–water partition coefficient (Wildman–Crippen LogP) is 7.09. The molecular formula is C27H46ClNO3. The van der Waals surface area contributed by atoms with Gasteiger partial charge in [-0.3, -0.25) is 10.1 Å². The molecule has 0 saturated heterocycles. The Kier molecular flexibility index (Phi) is 6.73. The highest BCUT2D eigenvalue weighted by atomic mass is 35.5. The highest BCUT2D eigenvalue weighted by Crippen LogP contribution is 2.70. The summed E-state index contributed by atoms with van der Waals surface area (Å²) in [5.74, 6) is 3.71. The highest BCUT2D eigenvalue weighted by Gasteiger charge is 2.70. The van der Waals surface area contributed by atoms with Crippen molar-refractivity contribution in [3.8, 4) is 0 Å². The van der Waals surface area contributed by atoms with E-state index in [1.54, 1.807) is 0 Å². The van der Waals surface area contributed by atoms with Crippen LogP contribution in [0.3, 0.4) is 0 Å². The first-order valence-electron chi connectivity index (χ1n) is 13.4. The number of aliphatic hydroxyl groups excluding tert-OH is 1. The second-order valence-corrected chi connectivity index (χ2v) is 13.8. The lowest BCUT2D eigenvalue weighted by Crippen LogP contribution is -2.67. The molecule has 10 atom stereocenters. The van der Waals surface area contributed by atoms with E-state index in [0.717, 1.165) is 37.0 Å². The minimum absolute atomic E-state index is 0.0908. The maximum Gasteiger partial charge on any atom is 0.232 e. The third-order valence-electron chi connectivity index (χ3n) is 11.2. The molecule has 4 nitrogen and oxygen atoms in total. The minimum atomic E-state index is -0.911. The van der Waals surface area contributed by atoms with Gasteiger partial charge in [-0.25, -0.2) is 0 Å². The van der Waals surface area contributed by atoms with Crippen LogP contribution in [0.4, 0.5) is 0 Å². The van der Waals surface area contributed by atoms with E-state index in [4.69, 9.17) is 11.6 Å². The molecule has 4 aliphatic carbocycles. The van der Waals surface area contributed by atoms with Crippen LogP contribution in [0.25, 0.3) is 0 Å². The van der Waals surface area contributed by atoms with E-state index < -0.39 is 17.0 Å². The molecule has 10 unspecified atom stereocenters. The van der Waals surface area contributed by atoms with Gasteiger partial charge >= 0.3 is 0 Å². The summed E-state index contributed by atoms with van der Waals surface area (Å²) < 4.78 is 0. The molecule has 0 aliphatic heterocycles. The molecule has 4 aliphatic rings. The Labute approximate surface area is 200 Å². The van der Waals surface area contributed by atoms with Crippen LogP contribution in [0, 0.1) is 56.5 Å². The van der Waals surface area contributed by atoms with Crippen molar-refractivity contribution in [1.29, 1.82) is 0 Å². The van der Waals surface area contributed by atoms with E-state index in [9.17, 15) is 15.2 Å². The quantitative estimate of drug-likeness (QED) is 0.257. The van der Waals surface area contributed by atoms with Gasteiger partial charge in [0, 0.05) is 11.3 Å². The van der Waals surface area contributed by atoms with E-state index in [0.29, 0.717) is 36.0 Å². The van der Waals surface area contributed by atoms with Gasteiger partial charge in [0.15, 0.2) is 0 Å². The largest absolute Gasteiger partial charge is 0.393 e. The van der Waals surface area contributed by atoms with Gasteiger partial charge in [-0.2, -0.15) is 0 Å². The van der Waals surface area contributed by atoms with Crippen molar-refractivity contribution < 1.29 is 10.0 Å². The summed E-state index contributed by atoms with van der Waals surface area (Å²) in [4.78, 5) is 11.3. The smallest absolute Gasteiger partial charge is 0.232 e. The summed E-state index contributed by atoms with van der Waals surface area (Å²) in [6.07, 6.45) is 10.9. The maximum absolute atomic E-state index is 12.3. The van der Waals surface area contributed by atoms with Crippen LogP contribution >= 0.6 is 11.6 Å². The van der Waals surface area contributed by atoms with Gasteiger partial charge in [0.25, 0.3) is 0 Å². The van der Waals surface area contributed by atoms with Crippen molar-refractivity contribution in [2.24, 2.45) is 46.3 Å². The third kappa shape index (κ3) is 3.74. The second-order valence-electron chi connectivity index (χ2n) is 13.1. The molecule has 4 rings (SSSR count). The summed E-state index contributed by atoms with van der Waals surface area (Å²) in [7, 11) is 0. The first-order valence-corrected chi connectivity index (χ1v) is 13.8. The number of hydrogen-bond donors (Lipinski definition) is 1. The molecule has 0 aromatic heterocycles. The molecular weight excluding hydrogens is 422 g/mol. The van der Waals surface area contributed by atoms with Crippen LogP contribution in [0.15, 0.2) is 0 Å². The Morgan fingerprint density at radius 3 is 2.44 bits per heavy atom. The number of alkyl halides is 1. The minimum Gasteiger partial charge on any atom is -0.393 e. The topological polar surface area (TPSA) is 63.4 Å². The molecule has 0 aromatic carbocycles. The van der Waals surface area contributed by atoms with Crippen LogP contribution in [-0.2, 0) is 0 Å². The maximum atomic E-state index is 12.3. The summed E-state index contributed by atoms with van der Waals surface area (Å²) in [5.41, 5.74) is 0.0627. The Hall–Kier alpha value is -0.350. The van der Waals surface area contributed by atoms with Gasteiger partial charge in [0.05, 0.1) is 6.10 Å². The second kappa shape index (κ2) is 8.70. The fourth-order valence-corrected chi connectivity index (χ4v) is 10.1. The number of aliphatic hydroxyl groups is 1. The fourth-order valence-electron chi connectivity index (χ4n) is 9.49. The lowest BCUT2D eigenvalue weighted by atomic mass is 9.43. The van der Waals surface area contributed by atoms with E-state index in [1.165, 1.54) is 38.5 Å². The lowest BCUT2D eigenvalue weighted by Gasteiger charge is -2.63. The molecule has 32 heavy (non-hydrogen) atoms. The standard InChI is InChI=1S/C27H46ClNO3/c1-17(2)7-6-8-18(3)21-9-10-22-20-15-24(29(31)32)27(28)16-19(30)11-14-26(27,5)23(20)12-13-25(21,22)4/h17-24,30H,6-16H2,1-5H3. The van der Waals surface area contributed by atoms with Crippen molar-refractivity contribution >= 4 is 11.6 Å². The molecule has 0 spiro atoms. The number of nitro groups is 1. The zero-order valence-electron chi connectivity index (χ0n) is 21.0. The van der Waals surface area contributed by atoms with Gasteiger partial charge < -0.3 is 5.11 Å². The fraction of sp³-hybridized carbons (Fsp3) is 1.00. The van der Waals surface area contributed by atoms with E-state index in [2.05, 4.69) is 34.6 Å². The van der Waals surface area contributed by atoms with Crippen molar-refractivity contribution in [3.05, 3.63) is 10.1 Å². The van der Waals surface area contributed by atoms with E-state index >= 15 is 0 Å². The molecule has 184 valence electrons. The van der Waals surface area contributed by atoms with Crippen molar-refractivity contribution in [3.63, 3.8) is 0 Å². The Balaban J connectivity index is 1.59. The van der Waals surface area contributed by atoms with Crippen LogP contribution in [0.1, 0.15) is 105 Å². The zero-order chi connectivity index (χ0) is 23.5. The summed E-state index contributed by atoms with van der Waals surface area (Å²) in [6, 6.07) is -0.741. The van der Waals surface area contributed by atoms with E-state index in [1.807, 2.05) is 0 Å². The summed E-state index contributed by atoms with van der Waals surface area (Å²) in [5, 5.41) is 22.7. The molecule has 0 radical (unpaired) electrons. The highest BCUT2D eigenvalue weighted by molar-refractivity contribution is 6.25. The molecule has 4 saturated carbocycles. The number of fused-ring (bicyclic) bond motifs is 5. The average Bonchev–Trinajstić information content (AvgIpc) is 3.05. The number of nitrogens with zero attached hydrogens (tertiary/aromatic N) is 1. The predicted molar refractivity (Wildman–Crippen MR) is 130 cm³/mol. The first kappa shape index (κ1) is 24.8. The van der Waals surface area contributed by atoms with Crippen LogP contribution < -0.4 is 0 Å². The molecule has 1 N–H and O–H groups in total. The molecule has 0 aromatic rings. The molecule has 0 amide bonds. The summed E-state index contributed by atoms with van der Waals surface area (Å²) in [6.45, 7) is 11.9. The monoisotopic (exact) mass is 467 g/mol. The lowest BCUT2D eigenvalue weighted by molar-refractivity contribution is -0.543. The van der Waals surface area contributed by atoms with Crippen LogP contribution in [0.2, 0.25) is 0 Å². The van der Waals surface area contributed by atoms with Gasteiger partial charge in [-0.15, -0.1) is 11.6 Å². The Morgan fingerprint density at radius 1 is 1.06 bits per heavy atom. The number of rotatable bonds is 6. The van der Waals surface area contributed by atoms with Crippen molar-refractivity contribution in [2.45, 2.75) is 122 Å². The van der Waals surface area contributed by atoms with Gasteiger partial charge in [0.2, 0.25) is 6.04 Å². The van der Waals surface area contributed by atoms with E-state index in [-0.39, 0.29) is 10.3 Å². The van der Waals surface area contributed by atoms with Crippen LogP contribution in [0.5, 0.6) is 0 Å². The molecule has 4 fully saturated rings. The van der Waals surface area contributed by atoms with Crippen LogP contribution in [-0.4, -0.2) is 27.0 Å². The third-order valence-corrected chi connectivity index (χ3v) is 12.1. The van der Waals surface area contributed by atoms with Gasteiger partial charge in [0.1, 0.15) is 4.87 Å². The Morgan fingerprint density at radius 2 is 1.78 bits per heavy atom. The van der Waals surface area contributed by atoms with Crippen molar-refractivity contribution in [1.82, 2.24) is 0 Å². The van der Waals surface area contributed by atoms with Crippen molar-refractivity contribution in [2.75, 3.05) is 0 Å². The first-order chi connectivity index (χ1) is 14.9. The number of halogens is 1. The van der Waals surface area contributed by atoms with Gasteiger partial charge in [-0.05, 0) is 91.3 Å². The van der Waals surface area contributed by atoms with Gasteiger partial charge in [-0.1, -0.05) is 53.9 Å². The normalized spacial score (nSPS) is 49.2. The molecule has 0 bridgehead atoms. The molecule has 0 heterocycles.